The van der Waals surface area contributed by atoms with E-state index in [0.717, 1.165) is 6.07 Å². The van der Waals surface area contributed by atoms with Crippen LogP contribution in [0.1, 0.15) is 30.1 Å². The fraction of sp³-hybridized carbons (Fsp3) is 0.286. The number of terminal acetylenes is 1. The van der Waals surface area contributed by atoms with E-state index < -0.39 is 17.8 Å². The molecule has 20 heavy (non-hydrogen) atoms. The molecular formula is C14H15FN2O3. The van der Waals surface area contributed by atoms with Gasteiger partial charge >= 0.3 is 12.0 Å². The third-order valence-corrected chi connectivity index (χ3v) is 2.66. The standard InChI is InChI=1S/C14H15FN2O3/c1-3-5-10(4-2)16-14(20)17-12-7-6-9(13(18)19)8-11(12)15/h1,6-8,10H,4-5H2,2H3,(H,18,19)(H2,16,17,20). The Morgan fingerprint density at radius 1 is 1.50 bits per heavy atom. The van der Waals surface area contributed by atoms with Gasteiger partial charge in [0.05, 0.1) is 11.3 Å². The van der Waals surface area contributed by atoms with Crippen molar-refractivity contribution >= 4 is 17.7 Å². The van der Waals surface area contributed by atoms with Crippen molar-refractivity contribution in [3.63, 3.8) is 0 Å². The second kappa shape index (κ2) is 7.14. The lowest BCUT2D eigenvalue weighted by molar-refractivity contribution is 0.0696. The van der Waals surface area contributed by atoms with Crippen molar-refractivity contribution in [2.45, 2.75) is 25.8 Å². The summed E-state index contributed by atoms with van der Waals surface area (Å²) in [4.78, 5) is 22.3. The van der Waals surface area contributed by atoms with Crippen LogP contribution < -0.4 is 10.6 Å². The van der Waals surface area contributed by atoms with Gasteiger partial charge in [-0.15, -0.1) is 12.3 Å². The van der Waals surface area contributed by atoms with E-state index in [9.17, 15) is 14.0 Å². The SMILES string of the molecule is C#CCC(CC)NC(=O)Nc1ccc(C(=O)O)cc1F. The number of nitrogens with one attached hydrogen (secondary N) is 2. The van der Waals surface area contributed by atoms with Gasteiger partial charge in [0.2, 0.25) is 0 Å². The van der Waals surface area contributed by atoms with E-state index in [4.69, 9.17) is 11.5 Å². The molecule has 0 aliphatic carbocycles. The maximum Gasteiger partial charge on any atom is 0.335 e. The molecule has 0 heterocycles. The highest BCUT2D eigenvalue weighted by molar-refractivity contribution is 5.91. The van der Waals surface area contributed by atoms with E-state index in [2.05, 4.69) is 16.6 Å². The zero-order valence-electron chi connectivity index (χ0n) is 10.9. The molecule has 3 N–H and O–H groups in total. The van der Waals surface area contributed by atoms with Gasteiger partial charge in [0.1, 0.15) is 5.82 Å². The fourth-order valence-corrected chi connectivity index (χ4v) is 1.53. The van der Waals surface area contributed by atoms with Crippen molar-refractivity contribution in [3.8, 4) is 12.3 Å². The quantitative estimate of drug-likeness (QED) is 0.724. The van der Waals surface area contributed by atoms with E-state index in [1.807, 2.05) is 6.92 Å². The topological polar surface area (TPSA) is 78.4 Å². The zero-order valence-corrected chi connectivity index (χ0v) is 10.9. The molecular weight excluding hydrogens is 263 g/mol. The molecule has 0 fully saturated rings. The molecule has 106 valence electrons. The predicted octanol–water partition coefficient (Wildman–Crippen LogP) is 2.45. The van der Waals surface area contributed by atoms with Crippen LogP contribution in [-0.4, -0.2) is 23.1 Å². The van der Waals surface area contributed by atoms with Crippen LogP contribution in [0.2, 0.25) is 0 Å². The predicted molar refractivity (Wildman–Crippen MR) is 73.0 cm³/mol. The summed E-state index contributed by atoms with van der Waals surface area (Å²) >= 11 is 0. The number of carboxylic acids is 1. The molecule has 0 aliphatic rings. The van der Waals surface area contributed by atoms with Gasteiger partial charge < -0.3 is 15.7 Å². The van der Waals surface area contributed by atoms with Gasteiger partial charge in [-0.1, -0.05) is 6.92 Å². The molecule has 0 saturated heterocycles. The second-order valence-electron chi connectivity index (χ2n) is 4.11. The van der Waals surface area contributed by atoms with Gasteiger partial charge in [-0.05, 0) is 24.6 Å². The first-order chi connectivity index (χ1) is 9.47. The summed E-state index contributed by atoms with van der Waals surface area (Å²) < 4.78 is 13.6. The normalized spacial score (nSPS) is 11.2. The molecule has 1 aromatic carbocycles. The number of urea groups is 1. The van der Waals surface area contributed by atoms with Crippen molar-refractivity contribution in [1.29, 1.82) is 0 Å². The Balaban J connectivity index is 2.71. The number of carbonyl (C=O) groups is 2. The highest BCUT2D eigenvalue weighted by Gasteiger charge is 2.13. The maximum absolute atomic E-state index is 13.6. The number of halogens is 1. The summed E-state index contributed by atoms with van der Waals surface area (Å²) in [7, 11) is 0. The monoisotopic (exact) mass is 278 g/mol. The Morgan fingerprint density at radius 2 is 2.20 bits per heavy atom. The molecule has 1 atom stereocenters. The number of carbonyl (C=O) groups excluding carboxylic acids is 1. The largest absolute Gasteiger partial charge is 0.478 e. The van der Waals surface area contributed by atoms with E-state index in [-0.39, 0.29) is 17.3 Å². The summed E-state index contributed by atoms with van der Waals surface area (Å²) in [6.45, 7) is 1.87. The first-order valence-electron chi connectivity index (χ1n) is 6.01. The maximum atomic E-state index is 13.6. The second-order valence-corrected chi connectivity index (χ2v) is 4.11. The van der Waals surface area contributed by atoms with Gasteiger partial charge in [-0.3, -0.25) is 0 Å². The van der Waals surface area contributed by atoms with Crippen molar-refractivity contribution in [2.75, 3.05) is 5.32 Å². The lowest BCUT2D eigenvalue weighted by atomic mass is 10.1. The van der Waals surface area contributed by atoms with Crippen LogP contribution in [0.3, 0.4) is 0 Å². The molecule has 0 radical (unpaired) electrons. The number of aromatic carboxylic acids is 1. The molecule has 0 aromatic heterocycles. The van der Waals surface area contributed by atoms with Gasteiger partial charge in [0.15, 0.2) is 0 Å². The third kappa shape index (κ3) is 4.28. The van der Waals surface area contributed by atoms with Crippen LogP contribution >= 0.6 is 0 Å². The molecule has 1 unspecified atom stereocenters. The summed E-state index contributed by atoms with van der Waals surface area (Å²) in [5.41, 5.74) is -0.282. The highest BCUT2D eigenvalue weighted by Crippen LogP contribution is 2.15. The van der Waals surface area contributed by atoms with Gasteiger partial charge in [-0.25, -0.2) is 14.0 Å². The van der Waals surface area contributed by atoms with E-state index in [0.29, 0.717) is 12.8 Å². The molecule has 1 aromatic rings. The van der Waals surface area contributed by atoms with Crippen molar-refractivity contribution in [2.24, 2.45) is 0 Å². The highest BCUT2D eigenvalue weighted by atomic mass is 19.1. The van der Waals surface area contributed by atoms with Gasteiger partial charge in [0.25, 0.3) is 0 Å². The number of benzene rings is 1. The molecule has 1 rings (SSSR count). The van der Waals surface area contributed by atoms with Crippen molar-refractivity contribution in [1.82, 2.24) is 5.32 Å². The number of carboxylic acid groups (broad SMARTS) is 1. The average molecular weight is 278 g/mol. The van der Waals surface area contributed by atoms with Crippen molar-refractivity contribution in [3.05, 3.63) is 29.6 Å². The third-order valence-electron chi connectivity index (χ3n) is 2.66. The Bertz CT molecular complexity index is 552. The fourth-order valence-electron chi connectivity index (χ4n) is 1.53. The lowest BCUT2D eigenvalue weighted by Gasteiger charge is -2.15. The summed E-state index contributed by atoms with van der Waals surface area (Å²) in [5.74, 6) is 0.387. The van der Waals surface area contributed by atoms with Gasteiger partial charge in [-0.2, -0.15) is 0 Å². The Labute approximate surface area is 116 Å². The number of anilines is 1. The van der Waals surface area contributed by atoms with Crippen LogP contribution in [0.25, 0.3) is 0 Å². The number of hydrogen-bond donors (Lipinski definition) is 3. The minimum atomic E-state index is -1.24. The van der Waals surface area contributed by atoms with Crippen LogP contribution in [-0.2, 0) is 0 Å². The Morgan fingerprint density at radius 3 is 2.70 bits per heavy atom. The van der Waals surface area contributed by atoms with Gasteiger partial charge in [0, 0.05) is 12.5 Å². The molecule has 2 amide bonds. The summed E-state index contributed by atoms with van der Waals surface area (Å²) in [5, 5.41) is 13.6. The molecule has 0 bridgehead atoms. The van der Waals surface area contributed by atoms with Crippen molar-refractivity contribution < 1.29 is 19.1 Å². The van der Waals surface area contributed by atoms with Crippen LogP contribution in [0.4, 0.5) is 14.9 Å². The Hall–Kier alpha value is -2.55. The summed E-state index contributed by atoms with van der Waals surface area (Å²) in [6, 6.07) is 2.46. The molecule has 0 saturated carbocycles. The molecule has 0 aliphatic heterocycles. The zero-order chi connectivity index (χ0) is 15.1. The minimum absolute atomic E-state index is 0.0944. The number of rotatable bonds is 5. The molecule has 6 heteroatoms. The molecule has 0 spiro atoms. The first-order valence-corrected chi connectivity index (χ1v) is 6.01. The summed E-state index contributed by atoms with van der Waals surface area (Å²) in [6.07, 6.45) is 6.20. The first kappa shape index (κ1) is 15.5. The van der Waals surface area contributed by atoms with E-state index in [1.165, 1.54) is 12.1 Å². The molecule has 5 nitrogen and oxygen atoms in total. The minimum Gasteiger partial charge on any atom is -0.478 e. The van der Waals surface area contributed by atoms with E-state index in [1.54, 1.807) is 0 Å². The smallest absolute Gasteiger partial charge is 0.335 e. The Kier molecular flexibility index (Phi) is 5.54. The lowest BCUT2D eigenvalue weighted by Crippen LogP contribution is -2.37. The number of hydrogen-bond acceptors (Lipinski definition) is 2. The van der Waals surface area contributed by atoms with Crippen LogP contribution in [0, 0.1) is 18.2 Å². The average Bonchev–Trinajstić information content (AvgIpc) is 2.40. The van der Waals surface area contributed by atoms with E-state index >= 15 is 0 Å². The van der Waals surface area contributed by atoms with Crippen LogP contribution in [0.15, 0.2) is 18.2 Å². The number of amides is 2. The van der Waals surface area contributed by atoms with Crippen LogP contribution in [0.5, 0.6) is 0 Å².